The highest BCUT2D eigenvalue weighted by molar-refractivity contribution is 5.92. The normalized spacial score (nSPS) is 27.2. The van der Waals surface area contributed by atoms with Gasteiger partial charge in [-0.25, -0.2) is 4.98 Å². The average molecular weight is 336 g/mol. The molecule has 3 fully saturated rings. The molecule has 0 aromatic carbocycles. The number of nitrogens with zero attached hydrogens (tertiary/aromatic N) is 2. The van der Waals surface area contributed by atoms with E-state index in [0.29, 0.717) is 31.3 Å². The molecule has 24 heavy (non-hydrogen) atoms. The van der Waals surface area contributed by atoms with Crippen molar-refractivity contribution in [3.8, 4) is 0 Å². The molecular weight excluding hydrogens is 312 g/mol. The molecule has 3 aliphatic rings. The fraction of sp³-hybridized carbons (Fsp3) is 0.765. The van der Waals surface area contributed by atoms with E-state index in [1.54, 1.807) is 4.90 Å². The van der Waals surface area contributed by atoms with E-state index in [1.807, 2.05) is 0 Å². The van der Waals surface area contributed by atoms with Crippen LogP contribution in [0.1, 0.15) is 36.2 Å². The smallest absolute Gasteiger partial charge is 0.276 e. The third-order valence-electron chi connectivity index (χ3n) is 5.25. The number of ether oxygens (including phenoxy) is 3. The molecule has 7 nitrogen and oxygen atoms in total. The van der Waals surface area contributed by atoms with Crippen LogP contribution in [0.15, 0.2) is 17.1 Å². The van der Waals surface area contributed by atoms with Crippen LogP contribution in [0, 0.1) is 5.92 Å². The van der Waals surface area contributed by atoms with Crippen LogP contribution in [-0.2, 0) is 14.2 Å². The molecule has 1 spiro atoms. The zero-order chi connectivity index (χ0) is 16.4. The molecule has 0 bridgehead atoms. The Bertz CT molecular complexity index is 549. The van der Waals surface area contributed by atoms with Gasteiger partial charge in [0.1, 0.15) is 11.9 Å². The summed E-state index contributed by atoms with van der Waals surface area (Å²) in [7, 11) is 0. The zero-order valence-electron chi connectivity index (χ0n) is 13.8. The molecule has 1 aromatic heterocycles. The Kier molecular flexibility index (Phi) is 4.56. The lowest BCUT2D eigenvalue weighted by Crippen LogP contribution is -2.67. The summed E-state index contributed by atoms with van der Waals surface area (Å²) in [5.74, 6) is 0.521. The predicted molar refractivity (Wildman–Crippen MR) is 83.6 cm³/mol. The van der Waals surface area contributed by atoms with Crippen molar-refractivity contribution in [1.82, 2.24) is 9.88 Å². The van der Waals surface area contributed by atoms with Crippen molar-refractivity contribution in [1.29, 1.82) is 0 Å². The standard InChI is InChI=1S/C17H24N2O5/c20-16(15-9-22-12-18-15)19-10-17(11-19)7-14(3-6-24-17)23-8-13-1-4-21-5-2-13/h9,12-14H,1-8,10-11H2/t14-/m0/s1. The van der Waals surface area contributed by atoms with Crippen molar-refractivity contribution in [3.63, 3.8) is 0 Å². The maximum absolute atomic E-state index is 12.2. The quantitative estimate of drug-likeness (QED) is 0.829. The van der Waals surface area contributed by atoms with E-state index in [-0.39, 0.29) is 17.6 Å². The molecule has 132 valence electrons. The number of amides is 1. The monoisotopic (exact) mass is 336 g/mol. The molecular formula is C17H24N2O5. The largest absolute Gasteiger partial charge is 0.451 e. The van der Waals surface area contributed by atoms with Crippen molar-refractivity contribution >= 4 is 5.91 Å². The average Bonchev–Trinajstić information content (AvgIpc) is 3.13. The van der Waals surface area contributed by atoms with Gasteiger partial charge in [-0.1, -0.05) is 0 Å². The predicted octanol–water partition coefficient (Wildman–Crippen LogP) is 1.49. The second kappa shape index (κ2) is 6.82. The molecule has 0 unspecified atom stereocenters. The lowest BCUT2D eigenvalue weighted by atomic mass is 9.84. The van der Waals surface area contributed by atoms with E-state index >= 15 is 0 Å². The first-order chi connectivity index (χ1) is 11.7. The number of hydrogen-bond acceptors (Lipinski definition) is 6. The number of likely N-dealkylation sites (tertiary alicyclic amines) is 1. The molecule has 0 N–H and O–H groups in total. The molecule has 1 amide bonds. The van der Waals surface area contributed by atoms with Crippen LogP contribution in [0.2, 0.25) is 0 Å². The molecule has 1 aromatic rings. The molecule has 0 radical (unpaired) electrons. The Morgan fingerprint density at radius 3 is 2.88 bits per heavy atom. The summed E-state index contributed by atoms with van der Waals surface area (Å²) >= 11 is 0. The summed E-state index contributed by atoms with van der Waals surface area (Å²) in [6.07, 6.45) is 6.87. The Hall–Kier alpha value is -1.44. The minimum absolute atomic E-state index is 0.0942. The van der Waals surface area contributed by atoms with E-state index in [2.05, 4.69) is 4.98 Å². The van der Waals surface area contributed by atoms with Crippen LogP contribution < -0.4 is 0 Å². The van der Waals surface area contributed by atoms with Crippen LogP contribution in [0.3, 0.4) is 0 Å². The highest BCUT2D eigenvalue weighted by Gasteiger charge is 2.50. The number of oxazole rings is 1. The maximum Gasteiger partial charge on any atom is 0.276 e. The van der Waals surface area contributed by atoms with Crippen LogP contribution in [0.25, 0.3) is 0 Å². The number of carbonyl (C=O) groups excluding carboxylic acids is 1. The van der Waals surface area contributed by atoms with Crippen LogP contribution in [-0.4, -0.2) is 67.0 Å². The van der Waals surface area contributed by atoms with Gasteiger partial charge < -0.3 is 23.5 Å². The number of carbonyl (C=O) groups is 1. The van der Waals surface area contributed by atoms with Gasteiger partial charge in [0.25, 0.3) is 5.91 Å². The fourth-order valence-corrected chi connectivity index (χ4v) is 3.80. The van der Waals surface area contributed by atoms with Crippen LogP contribution in [0.4, 0.5) is 0 Å². The Morgan fingerprint density at radius 2 is 2.12 bits per heavy atom. The van der Waals surface area contributed by atoms with E-state index in [4.69, 9.17) is 18.6 Å². The number of aromatic nitrogens is 1. The zero-order valence-corrected chi connectivity index (χ0v) is 13.8. The molecule has 4 heterocycles. The summed E-state index contributed by atoms with van der Waals surface area (Å²) in [6.45, 7) is 4.43. The fourth-order valence-electron chi connectivity index (χ4n) is 3.80. The van der Waals surface area contributed by atoms with E-state index in [0.717, 1.165) is 45.5 Å². The molecule has 7 heteroatoms. The lowest BCUT2D eigenvalue weighted by Gasteiger charge is -2.52. The van der Waals surface area contributed by atoms with Gasteiger partial charge in [-0.15, -0.1) is 0 Å². The minimum Gasteiger partial charge on any atom is -0.451 e. The Morgan fingerprint density at radius 1 is 1.29 bits per heavy atom. The van der Waals surface area contributed by atoms with E-state index < -0.39 is 0 Å². The molecule has 0 aliphatic carbocycles. The van der Waals surface area contributed by atoms with E-state index in [1.165, 1.54) is 12.7 Å². The maximum atomic E-state index is 12.2. The van der Waals surface area contributed by atoms with Gasteiger partial charge in [0, 0.05) is 32.8 Å². The minimum atomic E-state index is -0.238. The van der Waals surface area contributed by atoms with Gasteiger partial charge in [-0.05, 0) is 25.2 Å². The third kappa shape index (κ3) is 3.34. The first-order valence-corrected chi connectivity index (χ1v) is 8.75. The summed E-state index contributed by atoms with van der Waals surface area (Å²) < 4.78 is 22.4. The summed E-state index contributed by atoms with van der Waals surface area (Å²) in [6, 6.07) is 0. The highest BCUT2D eigenvalue weighted by atomic mass is 16.5. The highest BCUT2D eigenvalue weighted by Crippen LogP contribution is 2.36. The van der Waals surface area contributed by atoms with E-state index in [9.17, 15) is 4.79 Å². The number of hydrogen-bond donors (Lipinski definition) is 0. The van der Waals surface area contributed by atoms with Gasteiger partial charge in [0.15, 0.2) is 12.1 Å². The molecule has 4 rings (SSSR count). The van der Waals surface area contributed by atoms with Gasteiger partial charge in [-0.2, -0.15) is 0 Å². The van der Waals surface area contributed by atoms with Crippen molar-refractivity contribution in [2.75, 3.05) is 39.5 Å². The third-order valence-corrected chi connectivity index (χ3v) is 5.25. The van der Waals surface area contributed by atoms with Gasteiger partial charge in [-0.3, -0.25) is 4.79 Å². The second-order valence-electron chi connectivity index (χ2n) is 7.07. The molecule has 3 saturated heterocycles. The summed E-state index contributed by atoms with van der Waals surface area (Å²) in [5.41, 5.74) is 0.117. The van der Waals surface area contributed by atoms with Crippen molar-refractivity contribution in [3.05, 3.63) is 18.4 Å². The Balaban J connectivity index is 1.26. The SMILES string of the molecule is O=C(c1cocn1)N1CC2(C[C@@H](OCC3CCOCC3)CCO2)C1. The molecule has 3 aliphatic heterocycles. The van der Waals surface area contributed by atoms with Gasteiger partial charge >= 0.3 is 0 Å². The lowest BCUT2D eigenvalue weighted by molar-refractivity contribution is -0.188. The topological polar surface area (TPSA) is 74.0 Å². The first kappa shape index (κ1) is 16.1. The molecule has 1 atom stereocenters. The summed E-state index contributed by atoms with van der Waals surface area (Å²) in [5, 5.41) is 0. The summed E-state index contributed by atoms with van der Waals surface area (Å²) in [4.78, 5) is 17.9. The van der Waals surface area contributed by atoms with Crippen molar-refractivity contribution in [2.24, 2.45) is 5.92 Å². The second-order valence-corrected chi connectivity index (χ2v) is 7.07. The Labute approximate surface area is 141 Å². The van der Waals surface area contributed by atoms with Gasteiger partial charge in [0.05, 0.1) is 19.2 Å². The number of rotatable bonds is 4. The van der Waals surface area contributed by atoms with Crippen molar-refractivity contribution < 1.29 is 23.4 Å². The van der Waals surface area contributed by atoms with Crippen molar-refractivity contribution in [2.45, 2.75) is 37.4 Å². The van der Waals surface area contributed by atoms with Crippen LogP contribution in [0.5, 0.6) is 0 Å². The molecule has 0 saturated carbocycles. The van der Waals surface area contributed by atoms with Crippen LogP contribution >= 0.6 is 0 Å². The first-order valence-electron chi connectivity index (χ1n) is 8.75. The van der Waals surface area contributed by atoms with Gasteiger partial charge in [0.2, 0.25) is 0 Å².